The van der Waals surface area contributed by atoms with Gasteiger partial charge in [-0.1, -0.05) is 45.0 Å². The Balaban J connectivity index is 2.03. The molecule has 0 unspecified atom stereocenters. The van der Waals surface area contributed by atoms with Gasteiger partial charge in [-0.25, -0.2) is 0 Å². The fraction of sp³-hybridized carbons (Fsp3) is 0.278. The number of nitrogens with zero attached hydrogens (tertiary/aromatic N) is 1. The van der Waals surface area contributed by atoms with Crippen molar-refractivity contribution in [2.75, 3.05) is 0 Å². The van der Waals surface area contributed by atoms with Crippen LogP contribution in [0, 0.1) is 11.3 Å². The van der Waals surface area contributed by atoms with Crippen LogP contribution in [0.4, 0.5) is 0 Å². The molecule has 3 heteroatoms. The van der Waals surface area contributed by atoms with E-state index in [-0.39, 0.29) is 11.2 Å². The molecule has 0 aromatic heterocycles. The number of phenols is 1. The smallest absolute Gasteiger partial charge is 0.134 e. The summed E-state index contributed by atoms with van der Waals surface area (Å²) in [5.74, 6) is 0.890. The second kappa shape index (κ2) is 6.24. The monoisotopic (exact) mass is 297 g/mol. The number of nitriles is 1. The summed E-state index contributed by atoms with van der Waals surface area (Å²) in [5, 5.41) is 18.5. The van der Waals surface area contributed by atoms with Gasteiger partial charge < -0.3 is 5.11 Å². The van der Waals surface area contributed by atoms with Gasteiger partial charge in [0.15, 0.2) is 0 Å². The largest absolute Gasteiger partial charge is 0.507 e. The lowest BCUT2D eigenvalue weighted by Gasteiger charge is -2.19. The van der Waals surface area contributed by atoms with E-state index in [0.717, 1.165) is 10.6 Å². The minimum absolute atomic E-state index is 0.0468. The van der Waals surface area contributed by atoms with Crippen LogP contribution in [-0.2, 0) is 11.2 Å². The van der Waals surface area contributed by atoms with Gasteiger partial charge in [0.25, 0.3) is 0 Å². The molecule has 2 nitrogen and oxygen atoms in total. The number of rotatable bonds is 3. The first-order valence-corrected chi connectivity index (χ1v) is 7.84. The number of benzene rings is 2. The summed E-state index contributed by atoms with van der Waals surface area (Å²) in [6, 6.07) is 15.8. The van der Waals surface area contributed by atoms with Gasteiger partial charge in [0.05, 0.1) is 5.56 Å². The zero-order chi connectivity index (χ0) is 15.5. The van der Waals surface area contributed by atoms with E-state index < -0.39 is 0 Å². The summed E-state index contributed by atoms with van der Waals surface area (Å²) < 4.78 is 0. The van der Waals surface area contributed by atoms with Gasteiger partial charge in [0, 0.05) is 10.6 Å². The van der Waals surface area contributed by atoms with Crippen LogP contribution in [0.25, 0.3) is 0 Å². The van der Waals surface area contributed by atoms with E-state index in [9.17, 15) is 5.11 Å². The minimum atomic E-state index is 0.0468. The van der Waals surface area contributed by atoms with Crippen LogP contribution in [0.5, 0.6) is 5.75 Å². The summed E-state index contributed by atoms with van der Waals surface area (Å²) in [7, 11) is 0. The normalized spacial score (nSPS) is 11.1. The third-order valence-corrected chi connectivity index (χ3v) is 4.38. The summed E-state index contributed by atoms with van der Waals surface area (Å²) in [4.78, 5) is 0.964. The predicted molar refractivity (Wildman–Crippen MR) is 87.5 cm³/mol. The molecule has 2 aromatic rings. The Morgan fingerprint density at radius 2 is 1.76 bits per heavy atom. The molecule has 0 saturated carbocycles. The lowest BCUT2D eigenvalue weighted by atomic mass is 9.87. The van der Waals surface area contributed by atoms with E-state index in [4.69, 9.17) is 5.26 Å². The zero-order valence-corrected chi connectivity index (χ0v) is 13.4. The molecule has 0 saturated heterocycles. The van der Waals surface area contributed by atoms with E-state index in [0.29, 0.717) is 5.56 Å². The van der Waals surface area contributed by atoms with Crippen molar-refractivity contribution in [3.05, 3.63) is 59.2 Å². The molecule has 0 fully saturated rings. The SMILES string of the molecule is CC(C)(C)c1ccc(CSc2ccc(C#N)c(O)c2)cc1. The summed E-state index contributed by atoms with van der Waals surface area (Å²) >= 11 is 1.65. The molecule has 2 aromatic carbocycles. The Morgan fingerprint density at radius 1 is 1.10 bits per heavy atom. The highest BCUT2D eigenvalue weighted by Crippen LogP contribution is 2.29. The molecule has 108 valence electrons. The third kappa shape index (κ3) is 4.03. The maximum Gasteiger partial charge on any atom is 0.134 e. The number of thioether (sulfide) groups is 1. The topological polar surface area (TPSA) is 44.0 Å². The molecule has 2 rings (SSSR count). The minimum Gasteiger partial charge on any atom is -0.507 e. The maximum absolute atomic E-state index is 9.68. The summed E-state index contributed by atoms with van der Waals surface area (Å²) in [6.45, 7) is 6.61. The van der Waals surface area contributed by atoms with Gasteiger partial charge in [-0.2, -0.15) is 5.26 Å². The van der Waals surface area contributed by atoms with Crippen LogP contribution >= 0.6 is 11.8 Å². The lowest BCUT2D eigenvalue weighted by Crippen LogP contribution is -2.10. The second-order valence-corrected chi connectivity index (χ2v) is 7.08. The summed E-state index contributed by atoms with van der Waals surface area (Å²) in [5.41, 5.74) is 3.06. The van der Waals surface area contributed by atoms with Crippen molar-refractivity contribution in [2.24, 2.45) is 0 Å². The van der Waals surface area contributed by atoms with Gasteiger partial charge in [-0.05, 0) is 34.7 Å². The molecule has 0 atom stereocenters. The fourth-order valence-electron chi connectivity index (χ4n) is 1.96. The molecule has 0 bridgehead atoms. The van der Waals surface area contributed by atoms with E-state index in [2.05, 4.69) is 45.0 Å². The molecule has 0 aliphatic carbocycles. The molecule has 0 heterocycles. The van der Waals surface area contributed by atoms with Crippen LogP contribution < -0.4 is 0 Å². The van der Waals surface area contributed by atoms with Crippen molar-refractivity contribution in [1.29, 1.82) is 5.26 Å². The van der Waals surface area contributed by atoms with Gasteiger partial charge in [0.1, 0.15) is 11.8 Å². The molecule has 0 aliphatic heterocycles. The molecular formula is C18H19NOS. The van der Waals surface area contributed by atoms with Gasteiger partial charge in [-0.15, -0.1) is 11.8 Å². The van der Waals surface area contributed by atoms with Crippen LogP contribution in [0.2, 0.25) is 0 Å². The van der Waals surface area contributed by atoms with Crippen molar-refractivity contribution in [1.82, 2.24) is 0 Å². The number of phenolic OH excluding ortho intramolecular Hbond substituents is 1. The third-order valence-electron chi connectivity index (χ3n) is 3.32. The first-order valence-electron chi connectivity index (χ1n) is 6.85. The Kier molecular flexibility index (Phi) is 4.59. The predicted octanol–water partition coefficient (Wildman–Crippen LogP) is 4.85. The van der Waals surface area contributed by atoms with Crippen molar-refractivity contribution >= 4 is 11.8 Å². The van der Waals surface area contributed by atoms with Crippen molar-refractivity contribution in [3.63, 3.8) is 0 Å². The van der Waals surface area contributed by atoms with Crippen LogP contribution in [0.3, 0.4) is 0 Å². The van der Waals surface area contributed by atoms with Crippen molar-refractivity contribution in [2.45, 2.75) is 36.8 Å². The molecule has 21 heavy (non-hydrogen) atoms. The Morgan fingerprint density at radius 3 is 2.29 bits per heavy atom. The average molecular weight is 297 g/mol. The van der Waals surface area contributed by atoms with E-state index >= 15 is 0 Å². The molecular weight excluding hydrogens is 278 g/mol. The van der Waals surface area contributed by atoms with Crippen molar-refractivity contribution in [3.8, 4) is 11.8 Å². The first-order chi connectivity index (χ1) is 9.90. The average Bonchev–Trinajstić information content (AvgIpc) is 2.45. The van der Waals surface area contributed by atoms with Crippen LogP contribution in [-0.4, -0.2) is 5.11 Å². The van der Waals surface area contributed by atoms with E-state index in [1.807, 2.05) is 12.1 Å². The highest BCUT2D eigenvalue weighted by Gasteiger charge is 2.12. The van der Waals surface area contributed by atoms with Crippen LogP contribution in [0.1, 0.15) is 37.5 Å². The Labute approximate surface area is 130 Å². The molecule has 0 amide bonds. The second-order valence-electron chi connectivity index (χ2n) is 6.03. The quantitative estimate of drug-likeness (QED) is 0.823. The first kappa shape index (κ1) is 15.5. The highest BCUT2D eigenvalue weighted by molar-refractivity contribution is 7.98. The number of hydrogen-bond acceptors (Lipinski definition) is 3. The fourth-order valence-corrected chi connectivity index (χ4v) is 2.85. The lowest BCUT2D eigenvalue weighted by molar-refractivity contribution is 0.472. The Hall–Kier alpha value is -1.92. The van der Waals surface area contributed by atoms with E-state index in [1.165, 1.54) is 11.1 Å². The zero-order valence-electron chi connectivity index (χ0n) is 12.6. The maximum atomic E-state index is 9.68. The Bertz CT molecular complexity index is 663. The standard InChI is InChI=1S/C18H19NOS/c1-18(2,3)15-7-4-13(5-8-15)12-21-16-9-6-14(11-19)17(20)10-16/h4-10,20H,12H2,1-3H3. The summed E-state index contributed by atoms with van der Waals surface area (Å²) in [6.07, 6.45) is 0. The molecule has 0 radical (unpaired) electrons. The van der Waals surface area contributed by atoms with E-state index in [1.54, 1.807) is 23.9 Å². The highest BCUT2D eigenvalue weighted by atomic mass is 32.2. The molecule has 0 spiro atoms. The number of hydrogen-bond donors (Lipinski definition) is 1. The molecule has 0 aliphatic rings. The van der Waals surface area contributed by atoms with Gasteiger partial charge >= 0.3 is 0 Å². The molecule has 1 N–H and O–H groups in total. The van der Waals surface area contributed by atoms with Crippen molar-refractivity contribution < 1.29 is 5.11 Å². The van der Waals surface area contributed by atoms with Gasteiger partial charge in [0.2, 0.25) is 0 Å². The van der Waals surface area contributed by atoms with Crippen LogP contribution in [0.15, 0.2) is 47.4 Å². The number of aromatic hydroxyl groups is 1. The van der Waals surface area contributed by atoms with Gasteiger partial charge in [-0.3, -0.25) is 0 Å².